The van der Waals surface area contributed by atoms with Crippen molar-refractivity contribution in [2.75, 3.05) is 0 Å². The Morgan fingerprint density at radius 2 is 0.449 bits per heavy atom. The first-order valence-electron chi connectivity index (χ1n) is 33.5. The normalized spacial score (nSPS) is 18.8. The van der Waals surface area contributed by atoms with Gasteiger partial charge in [-0.2, -0.15) is 0 Å². The fraction of sp³-hybridized carbons (Fsp3) is 0.287. The maximum absolute atomic E-state index is 12.8. The van der Waals surface area contributed by atoms with Crippen LogP contribution >= 0.6 is 0 Å². The van der Waals surface area contributed by atoms with Crippen LogP contribution in [0.2, 0.25) is 0 Å². The maximum Gasteiger partial charge on any atom is 0.164 e. The van der Waals surface area contributed by atoms with E-state index < -0.39 is 0 Å². The van der Waals surface area contributed by atoms with E-state index in [9.17, 15) is 9.59 Å². The molecule has 0 aromatic heterocycles. The van der Waals surface area contributed by atoms with Crippen LogP contribution in [0.4, 0.5) is 0 Å². The lowest BCUT2D eigenvalue weighted by Crippen LogP contribution is -2.26. The van der Waals surface area contributed by atoms with Crippen molar-refractivity contribution in [3.05, 3.63) is 306 Å². The van der Waals surface area contributed by atoms with Crippen LogP contribution in [0.25, 0.3) is 44.5 Å². The molecular weight excluding hydrogens is 1080 g/mol. The third kappa shape index (κ3) is 9.00. The third-order valence-corrected chi connectivity index (χ3v) is 22.4. The second kappa shape index (κ2) is 22.2. The Bertz CT molecular complexity index is 4380. The summed E-state index contributed by atoms with van der Waals surface area (Å²) < 4.78 is 0. The van der Waals surface area contributed by atoms with Crippen LogP contribution in [-0.4, -0.2) is 11.6 Å². The van der Waals surface area contributed by atoms with Crippen molar-refractivity contribution in [3.63, 3.8) is 0 Å². The van der Waals surface area contributed by atoms with Gasteiger partial charge in [0.15, 0.2) is 11.6 Å². The molecule has 10 aromatic rings. The molecule has 0 amide bonds. The number of Topliss-reactive ketones (excluding diaryl/α,β-unsaturated/α-hetero) is 2. The van der Waals surface area contributed by atoms with Gasteiger partial charge in [0.25, 0.3) is 0 Å². The van der Waals surface area contributed by atoms with Gasteiger partial charge < -0.3 is 0 Å². The van der Waals surface area contributed by atoms with E-state index in [2.05, 4.69) is 224 Å². The lowest BCUT2D eigenvalue weighted by Gasteiger charge is -2.34. The molecule has 0 saturated heterocycles. The maximum atomic E-state index is 12.8. The Hall–Kier alpha value is -8.46. The molecule has 89 heavy (non-hydrogen) atoms. The van der Waals surface area contributed by atoms with Gasteiger partial charge >= 0.3 is 0 Å². The average molecular weight is 1160 g/mol. The average Bonchev–Trinajstić information content (AvgIpc) is 1.56. The number of ketones is 2. The fourth-order valence-corrected chi connectivity index (χ4v) is 18.3. The zero-order valence-electron chi connectivity index (χ0n) is 53.1. The molecule has 442 valence electrons. The quantitative estimate of drug-likeness (QED) is 0.152. The van der Waals surface area contributed by atoms with Crippen molar-refractivity contribution < 1.29 is 9.59 Å². The van der Waals surface area contributed by atoms with E-state index in [1.54, 1.807) is 22.3 Å². The lowest BCUT2D eigenvalue weighted by molar-refractivity contribution is 0.0976. The summed E-state index contributed by atoms with van der Waals surface area (Å²) in [6.45, 7) is 13.1. The number of hydrogen-bond acceptors (Lipinski definition) is 2. The standard InChI is InChI=1S/C23H18O.C22H16O.C22H26.C20H22/c1-14-7-9-16-17-10-8-15(2)12-21(17)23(20(16)11-14)13-22(24)18-5-3-4-6-19(18)23;1-14-10-11-16-15-6-2-4-8-18(15)22(20(16)12-14)13-21(23)17-7-3-5-9-19(17)22;1-16-8-10-18-19-11-9-17(2)15-21(19)22(20(18)14-16)12-6-4-3-5-7-13-22;1-15-10-11-17-16-8-4-5-9-18(16)20(19(17)14-15)12-6-2-3-7-13-20/h3-12H,13H2,1-2H3;2-12H,13H2,1H3;8-11,14-15H,3-7,12-13H2,1-2H3;4-5,8-11,14H,2-3,6-7,12-13H2,1H3. The molecule has 10 aromatic carbocycles. The van der Waals surface area contributed by atoms with Crippen molar-refractivity contribution in [1.29, 1.82) is 0 Å². The predicted octanol–water partition coefficient (Wildman–Crippen LogP) is 22.0. The summed E-state index contributed by atoms with van der Waals surface area (Å²) in [7, 11) is 0. The number of rotatable bonds is 0. The Morgan fingerprint density at radius 1 is 0.225 bits per heavy atom. The smallest absolute Gasteiger partial charge is 0.164 e. The van der Waals surface area contributed by atoms with Crippen LogP contribution in [0.5, 0.6) is 0 Å². The van der Waals surface area contributed by atoms with Gasteiger partial charge in [0.2, 0.25) is 0 Å². The Morgan fingerprint density at radius 3 is 0.798 bits per heavy atom. The molecule has 8 aliphatic rings. The summed E-state index contributed by atoms with van der Waals surface area (Å²) in [4.78, 5) is 25.5. The molecule has 1 unspecified atom stereocenters. The monoisotopic (exact) mass is 1160 g/mol. The van der Waals surface area contributed by atoms with E-state index in [4.69, 9.17) is 0 Å². The minimum absolute atomic E-state index is 0.254. The van der Waals surface area contributed by atoms with Crippen LogP contribution in [0.1, 0.15) is 206 Å². The van der Waals surface area contributed by atoms with Crippen molar-refractivity contribution >= 4 is 11.6 Å². The molecule has 0 heterocycles. The molecule has 0 bridgehead atoms. The van der Waals surface area contributed by atoms with Crippen LogP contribution in [0.15, 0.2) is 206 Å². The third-order valence-electron chi connectivity index (χ3n) is 22.4. The van der Waals surface area contributed by atoms with E-state index in [0.29, 0.717) is 23.7 Å². The molecule has 0 radical (unpaired) electrons. The number of fused-ring (bicyclic) bond motifs is 24. The predicted molar refractivity (Wildman–Crippen MR) is 368 cm³/mol. The van der Waals surface area contributed by atoms with E-state index in [1.807, 2.05) is 24.3 Å². The number of carbonyl (C=O) groups excluding carboxylic acids is 2. The molecule has 18 rings (SSSR count). The van der Waals surface area contributed by atoms with Gasteiger partial charge in [0, 0.05) is 34.8 Å². The van der Waals surface area contributed by atoms with Crippen molar-refractivity contribution in [3.8, 4) is 44.5 Å². The Balaban J connectivity index is 0.0000000995. The van der Waals surface area contributed by atoms with Crippen molar-refractivity contribution in [2.45, 2.75) is 160 Å². The topological polar surface area (TPSA) is 34.1 Å². The summed E-state index contributed by atoms with van der Waals surface area (Å²) in [6, 6.07) is 75.3. The molecule has 1 atom stereocenters. The molecular formula is C87H82O2. The van der Waals surface area contributed by atoms with E-state index in [0.717, 1.165) is 11.1 Å². The van der Waals surface area contributed by atoms with Gasteiger partial charge in [-0.05, 0) is 167 Å². The number of benzene rings is 10. The van der Waals surface area contributed by atoms with Crippen molar-refractivity contribution in [2.24, 2.45) is 0 Å². The van der Waals surface area contributed by atoms with Gasteiger partial charge in [-0.15, -0.1) is 0 Å². The molecule has 0 N–H and O–H groups in total. The largest absolute Gasteiger partial charge is 0.294 e. The summed E-state index contributed by atoms with van der Waals surface area (Å²) in [6.07, 6.45) is 19.0. The van der Waals surface area contributed by atoms with Gasteiger partial charge in [-0.3, -0.25) is 9.59 Å². The zero-order chi connectivity index (χ0) is 60.8. The number of hydrogen-bond donors (Lipinski definition) is 0. The first-order chi connectivity index (χ1) is 43.3. The molecule has 2 saturated carbocycles. The van der Waals surface area contributed by atoms with Crippen LogP contribution in [0, 0.1) is 41.5 Å². The molecule has 2 fully saturated rings. The molecule has 8 aliphatic carbocycles. The van der Waals surface area contributed by atoms with E-state index in [1.165, 1.54) is 195 Å². The van der Waals surface area contributed by atoms with Gasteiger partial charge in [-0.25, -0.2) is 0 Å². The van der Waals surface area contributed by atoms with Crippen LogP contribution in [0.3, 0.4) is 0 Å². The fourth-order valence-electron chi connectivity index (χ4n) is 18.3. The Kier molecular flexibility index (Phi) is 14.2. The highest BCUT2D eigenvalue weighted by Gasteiger charge is 2.53. The van der Waals surface area contributed by atoms with Gasteiger partial charge in [0.1, 0.15) is 0 Å². The first kappa shape index (κ1) is 57.0. The highest BCUT2D eigenvalue weighted by molar-refractivity contribution is 6.07. The zero-order valence-corrected chi connectivity index (χ0v) is 53.1. The number of carbonyl (C=O) groups is 2. The SMILES string of the molecule is Cc1ccc2c(c1)C1(CC(=O)c3ccccc31)c1cc(C)ccc1-2.Cc1ccc2c(c1)C1(CC(=O)c3ccccc31)c1ccccc1-2.Cc1ccc2c(c1)C1(CCCCCC1)c1ccccc1-2.Cc1ccc2c(c1)C1(CCCCCCC1)c1cc(C)ccc1-2. The van der Waals surface area contributed by atoms with E-state index >= 15 is 0 Å². The molecule has 2 nitrogen and oxygen atoms in total. The minimum Gasteiger partial charge on any atom is -0.294 e. The highest BCUT2D eigenvalue weighted by atomic mass is 16.1. The summed E-state index contributed by atoms with van der Waals surface area (Å²) in [5, 5.41) is 0. The molecule has 0 aliphatic heterocycles. The summed E-state index contributed by atoms with van der Waals surface area (Å²) in [5.41, 5.74) is 34.8. The lowest BCUT2D eigenvalue weighted by atomic mass is 9.69. The van der Waals surface area contributed by atoms with Gasteiger partial charge in [0.05, 0.1) is 10.8 Å². The second-order valence-electron chi connectivity index (χ2n) is 27.8. The molecule has 4 spiro atoms. The van der Waals surface area contributed by atoms with Crippen LogP contribution < -0.4 is 0 Å². The van der Waals surface area contributed by atoms with E-state index in [-0.39, 0.29) is 22.4 Å². The summed E-state index contributed by atoms with van der Waals surface area (Å²) in [5.74, 6) is 0.511. The number of aryl methyl sites for hydroxylation is 6. The van der Waals surface area contributed by atoms with Crippen LogP contribution in [-0.2, 0) is 21.7 Å². The highest BCUT2D eigenvalue weighted by Crippen LogP contribution is 2.61. The summed E-state index contributed by atoms with van der Waals surface area (Å²) >= 11 is 0. The minimum atomic E-state index is -0.309. The van der Waals surface area contributed by atoms with Crippen molar-refractivity contribution in [1.82, 2.24) is 0 Å². The first-order valence-corrected chi connectivity index (χ1v) is 33.5. The van der Waals surface area contributed by atoms with Gasteiger partial charge in [-0.1, -0.05) is 297 Å². The second-order valence-corrected chi connectivity index (χ2v) is 27.8. The molecule has 2 heteroatoms. The Labute approximate surface area is 528 Å².